The van der Waals surface area contributed by atoms with Crippen LogP contribution in [0.25, 0.3) is 0 Å². The number of alkyl halides is 3. The molecular formula is C18H20ClF3N4OS. The number of amides is 1. The molecular weight excluding hydrogens is 413 g/mol. The maximum Gasteiger partial charge on any atom is 0.417 e. The van der Waals surface area contributed by atoms with Gasteiger partial charge in [0.15, 0.2) is 0 Å². The molecule has 3 heterocycles. The predicted molar refractivity (Wildman–Crippen MR) is 104 cm³/mol. The Balaban J connectivity index is 1.47. The van der Waals surface area contributed by atoms with Gasteiger partial charge in [-0.1, -0.05) is 11.6 Å². The van der Waals surface area contributed by atoms with Crippen LogP contribution in [0, 0.1) is 0 Å². The van der Waals surface area contributed by atoms with Crippen LogP contribution in [0.3, 0.4) is 0 Å². The maximum atomic E-state index is 12.6. The molecule has 10 heteroatoms. The molecule has 1 aliphatic rings. The zero-order valence-electron chi connectivity index (χ0n) is 15.2. The summed E-state index contributed by atoms with van der Waals surface area (Å²) >= 11 is 7.37. The van der Waals surface area contributed by atoms with E-state index in [1.807, 2.05) is 21.9 Å². The van der Waals surface area contributed by atoms with Crippen molar-refractivity contribution in [3.8, 4) is 0 Å². The number of carbonyl (C=O) groups is 1. The average molecular weight is 433 g/mol. The van der Waals surface area contributed by atoms with Crippen LogP contribution < -0.4 is 4.90 Å². The van der Waals surface area contributed by atoms with E-state index in [-0.39, 0.29) is 5.91 Å². The fraction of sp³-hybridized carbons (Fsp3) is 0.444. The molecule has 0 atom stereocenters. The van der Waals surface area contributed by atoms with Crippen molar-refractivity contribution in [1.29, 1.82) is 0 Å². The fourth-order valence-electron chi connectivity index (χ4n) is 2.95. The lowest BCUT2D eigenvalue weighted by molar-refractivity contribution is -0.137. The number of hydrogen-bond acceptors (Lipinski definition) is 5. The van der Waals surface area contributed by atoms with Crippen LogP contribution in [-0.4, -0.2) is 60.5 Å². The zero-order chi connectivity index (χ0) is 20.3. The van der Waals surface area contributed by atoms with E-state index in [9.17, 15) is 18.0 Å². The van der Waals surface area contributed by atoms with E-state index in [0.29, 0.717) is 49.4 Å². The van der Waals surface area contributed by atoms with Gasteiger partial charge in [0.25, 0.3) is 0 Å². The Bertz CT molecular complexity index is 804. The summed E-state index contributed by atoms with van der Waals surface area (Å²) < 4.78 is 38.6. The van der Waals surface area contributed by atoms with Crippen molar-refractivity contribution in [3.63, 3.8) is 0 Å². The summed E-state index contributed by atoms with van der Waals surface area (Å²) in [6, 6.07) is 6.16. The minimum atomic E-state index is -4.38. The molecule has 2 aromatic heterocycles. The molecule has 2 aromatic rings. The highest BCUT2D eigenvalue weighted by Crippen LogP contribution is 2.29. The second kappa shape index (κ2) is 8.67. The molecule has 1 aliphatic heterocycles. The van der Waals surface area contributed by atoms with Gasteiger partial charge in [-0.05, 0) is 24.3 Å². The number of nitrogens with zero attached hydrogens (tertiary/aromatic N) is 4. The summed E-state index contributed by atoms with van der Waals surface area (Å²) in [5.74, 6) is 0.538. The lowest BCUT2D eigenvalue weighted by Gasteiger charge is -2.35. The number of likely N-dealkylation sites (N-methyl/N-ethyl adjacent to an activating group) is 1. The molecule has 1 fully saturated rings. The third kappa shape index (κ3) is 5.36. The Labute approximate surface area is 170 Å². The first kappa shape index (κ1) is 20.9. The first-order valence-electron chi connectivity index (χ1n) is 8.71. The number of halogens is 4. The molecule has 152 valence electrons. The number of aromatic nitrogens is 1. The van der Waals surface area contributed by atoms with Crippen LogP contribution in [-0.2, 0) is 17.5 Å². The Morgan fingerprint density at radius 2 is 1.93 bits per heavy atom. The van der Waals surface area contributed by atoms with Crippen molar-refractivity contribution in [2.75, 3.05) is 44.7 Å². The van der Waals surface area contributed by atoms with Crippen LogP contribution in [0.2, 0.25) is 4.34 Å². The van der Waals surface area contributed by atoms with Gasteiger partial charge in [0.1, 0.15) is 5.82 Å². The van der Waals surface area contributed by atoms with Crippen LogP contribution in [0.15, 0.2) is 30.5 Å². The molecule has 0 spiro atoms. The molecule has 0 saturated carbocycles. The summed E-state index contributed by atoms with van der Waals surface area (Å²) in [6.07, 6.45) is -3.53. The molecule has 1 amide bonds. The average Bonchev–Trinajstić information content (AvgIpc) is 3.06. The van der Waals surface area contributed by atoms with Gasteiger partial charge in [0, 0.05) is 44.3 Å². The van der Waals surface area contributed by atoms with E-state index in [2.05, 4.69) is 4.98 Å². The van der Waals surface area contributed by atoms with Crippen LogP contribution in [0.5, 0.6) is 0 Å². The van der Waals surface area contributed by atoms with Crippen molar-refractivity contribution in [2.45, 2.75) is 12.7 Å². The molecule has 0 bridgehead atoms. The Kier molecular flexibility index (Phi) is 6.47. The third-order valence-corrected chi connectivity index (χ3v) is 5.79. The lowest BCUT2D eigenvalue weighted by Crippen LogP contribution is -2.49. The van der Waals surface area contributed by atoms with E-state index in [0.717, 1.165) is 17.1 Å². The molecule has 0 N–H and O–H groups in total. The van der Waals surface area contributed by atoms with Gasteiger partial charge in [-0.15, -0.1) is 11.3 Å². The number of rotatable bonds is 5. The molecule has 3 rings (SSSR count). The third-order valence-electron chi connectivity index (χ3n) is 4.58. The fourth-order valence-corrected chi connectivity index (χ4v) is 4.09. The van der Waals surface area contributed by atoms with E-state index < -0.39 is 11.7 Å². The van der Waals surface area contributed by atoms with Crippen LogP contribution >= 0.6 is 22.9 Å². The SMILES string of the molecule is CN(Cc1ccc(Cl)s1)C(=O)CN1CCN(c2ccc(C(F)(F)F)cn2)CC1. The van der Waals surface area contributed by atoms with Gasteiger partial charge < -0.3 is 9.80 Å². The van der Waals surface area contributed by atoms with E-state index in [1.54, 1.807) is 11.9 Å². The number of piperazine rings is 1. The van der Waals surface area contributed by atoms with Gasteiger partial charge in [0.2, 0.25) is 5.91 Å². The van der Waals surface area contributed by atoms with E-state index >= 15 is 0 Å². The lowest BCUT2D eigenvalue weighted by atomic mass is 10.2. The standard InChI is InChI=1S/C18H20ClF3N4OS/c1-24(11-14-3-4-15(19)28-14)17(27)12-25-6-8-26(9-7-25)16-5-2-13(10-23-16)18(20,21)22/h2-5,10H,6-9,11-12H2,1H3. The van der Waals surface area contributed by atoms with Gasteiger partial charge in [-0.25, -0.2) is 4.98 Å². The number of carbonyl (C=O) groups excluding carboxylic acids is 1. The smallest absolute Gasteiger partial charge is 0.354 e. The monoisotopic (exact) mass is 432 g/mol. The van der Waals surface area contributed by atoms with Crippen molar-refractivity contribution in [3.05, 3.63) is 45.2 Å². The van der Waals surface area contributed by atoms with Gasteiger partial charge in [0.05, 0.1) is 23.0 Å². The second-order valence-electron chi connectivity index (χ2n) is 6.62. The number of hydrogen-bond donors (Lipinski definition) is 0. The molecule has 28 heavy (non-hydrogen) atoms. The van der Waals surface area contributed by atoms with Crippen molar-refractivity contribution >= 4 is 34.7 Å². The number of thiophene rings is 1. The molecule has 0 aliphatic carbocycles. The molecule has 0 aromatic carbocycles. The molecule has 5 nitrogen and oxygen atoms in total. The molecule has 0 radical (unpaired) electrons. The zero-order valence-corrected chi connectivity index (χ0v) is 16.8. The molecule has 1 saturated heterocycles. The van der Waals surface area contributed by atoms with Crippen LogP contribution in [0.4, 0.5) is 19.0 Å². The Morgan fingerprint density at radius 3 is 2.46 bits per heavy atom. The van der Waals surface area contributed by atoms with E-state index in [1.165, 1.54) is 17.4 Å². The van der Waals surface area contributed by atoms with Crippen LogP contribution in [0.1, 0.15) is 10.4 Å². The summed E-state index contributed by atoms with van der Waals surface area (Å²) in [5, 5.41) is 0. The second-order valence-corrected chi connectivity index (χ2v) is 8.42. The highest BCUT2D eigenvalue weighted by molar-refractivity contribution is 7.16. The Hall–Kier alpha value is -1.84. The van der Waals surface area contributed by atoms with Crippen molar-refractivity contribution in [2.24, 2.45) is 0 Å². The summed E-state index contributed by atoms with van der Waals surface area (Å²) in [6.45, 7) is 3.33. The van der Waals surface area contributed by atoms with Gasteiger partial charge >= 0.3 is 6.18 Å². The summed E-state index contributed by atoms with van der Waals surface area (Å²) in [4.78, 5) is 23.0. The highest BCUT2D eigenvalue weighted by Gasteiger charge is 2.31. The summed E-state index contributed by atoms with van der Waals surface area (Å²) in [7, 11) is 1.76. The topological polar surface area (TPSA) is 39.7 Å². The van der Waals surface area contributed by atoms with E-state index in [4.69, 9.17) is 11.6 Å². The number of pyridine rings is 1. The molecule has 0 unspecified atom stereocenters. The quantitative estimate of drug-likeness (QED) is 0.723. The minimum Gasteiger partial charge on any atom is -0.354 e. The van der Waals surface area contributed by atoms with Crippen molar-refractivity contribution < 1.29 is 18.0 Å². The highest BCUT2D eigenvalue weighted by atomic mass is 35.5. The summed E-state index contributed by atoms with van der Waals surface area (Å²) in [5.41, 5.74) is -0.754. The first-order valence-corrected chi connectivity index (χ1v) is 9.90. The number of anilines is 1. The van der Waals surface area contributed by atoms with Crippen molar-refractivity contribution in [1.82, 2.24) is 14.8 Å². The Morgan fingerprint density at radius 1 is 1.21 bits per heavy atom. The minimum absolute atomic E-state index is 0.0191. The van der Waals surface area contributed by atoms with Gasteiger partial charge in [-0.2, -0.15) is 13.2 Å². The van der Waals surface area contributed by atoms with Gasteiger partial charge in [-0.3, -0.25) is 9.69 Å². The normalized spacial score (nSPS) is 15.7. The predicted octanol–water partition coefficient (Wildman–Crippen LogP) is 3.60. The largest absolute Gasteiger partial charge is 0.417 e. The first-order chi connectivity index (χ1) is 13.2. The maximum absolute atomic E-state index is 12.6.